The Kier molecular flexibility index (Phi) is 8.51. The van der Waals surface area contributed by atoms with E-state index in [2.05, 4.69) is 20.5 Å². The summed E-state index contributed by atoms with van der Waals surface area (Å²) in [5, 5.41) is 6.08. The Labute approximate surface area is 247 Å². The molecule has 0 unspecified atom stereocenters. The highest BCUT2D eigenvalue weighted by Gasteiger charge is 2.34. The molecule has 0 bridgehead atoms. The van der Waals surface area contributed by atoms with Crippen LogP contribution in [0.25, 0.3) is 0 Å². The first-order valence-corrected chi connectivity index (χ1v) is 14.0. The first-order chi connectivity index (χ1) is 19.5. The van der Waals surface area contributed by atoms with Gasteiger partial charge in [-0.1, -0.05) is 24.4 Å². The van der Waals surface area contributed by atoms with Crippen molar-refractivity contribution in [3.63, 3.8) is 0 Å². The zero-order valence-corrected chi connectivity index (χ0v) is 24.3. The number of carbonyl (C=O) groups excluding carboxylic acids is 1. The monoisotopic (exact) mass is 602 g/mol. The Morgan fingerprint density at radius 3 is 2.54 bits per heavy atom. The number of aryl methyl sites for hydroxylation is 1. The number of pyridine rings is 1. The minimum Gasteiger partial charge on any atom is -0.380 e. The van der Waals surface area contributed by atoms with Crippen LogP contribution in [0.15, 0.2) is 48.7 Å². The fraction of sp³-hybridized carbons (Fsp3) is 0.345. The van der Waals surface area contributed by atoms with Crippen molar-refractivity contribution < 1.29 is 18.0 Å². The van der Waals surface area contributed by atoms with Gasteiger partial charge in [0.15, 0.2) is 5.82 Å². The van der Waals surface area contributed by atoms with Gasteiger partial charge in [0.2, 0.25) is 0 Å². The fourth-order valence-electron chi connectivity index (χ4n) is 4.96. The number of nitrogens with zero attached hydrogens (tertiary/aromatic N) is 4. The minimum atomic E-state index is -4.57. The molecule has 0 atom stereocenters. The molecule has 7 nitrogen and oxygen atoms in total. The summed E-state index contributed by atoms with van der Waals surface area (Å²) in [5.41, 5.74) is 3.46. The second-order valence-corrected chi connectivity index (χ2v) is 11.3. The normalized spacial score (nSPS) is 16.1. The van der Waals surface area contributed by atoms with E-state index >= 15 is 0 Å². The van der Waals surface area contributed by atoms with Crippen molar-refractivity contribution in [3.05, 3.63) is 82.0 Å². The van der Waals surface area contributed by atoms with Crippen molar-refractivity contribution in [1.29, 1.82) is 0 Å². The summed E-state index contributed by atoms with van der Waals surface area (Å²) in [7, 11) is 2.00. The summed E-state index contributed by atoms with van der Waals surface area (Å²) in [6.45, 7) is 5.60. The number of alkyl halides is 3. The lowest BCUT2D eigenvalue weighted by Gasteiger charge is -2.33. The smallest absolute Gasteiger partial charge is 0.380 e. The second kappa shape index (κ2) is 11.9. The van der Waals surface area contributed by atoms with Crippen molar-refractivity contribution in [2.45, 2.75) is 32.6 Å². The lowest BCUT2D eigenvalue weighted by molar-refractivity contribution is -0.138. The predicted molar refractivity (Wildman–Crippen MR) is 160 cm³/mol. The van der Waals surface area contributed by atoms with Gasteiger partial charge in [0, 0.05) is 74.3 Å². The molecule has 1 aromatic heterocycles. The molecule has 41 heavy (non-hydrogen) atoms. The van der Waals surface area contributed by atoms with E-state index in [4.69, 9.17) is 24.0 Å². The zero-order chi connectivity index (χ0) is 29.3. The van der Waals surface area contributed by atoms with Gasteiger partial charge in [0.05, 0.1) is 17.4 Å². The van der Waals surface area contributed by atoms with Crippen molar-refractivity contribution in [2.75, 3.05) is 48.3 Å². The fourth-order valence-corrected chi connectivity index (χ4v) is 5.42. The number of thiocarbonyl (C=S) groups is 1. The Morgan fingerprint density at radius 1 is 1.05 bits per heavy atom. The highest BCUT2D eigenvalue weighted by Crippen LogP contribution is 2.34. The molecule has 216 valence electrons. The van der Waals surface area contributed by atoms with Gasteiger partial charge in [-0.25, -0.2) is 9.40 Å². The number of carbonyl (C=O) groups is 1. The quantitative estimate of drug-likeness (QED) is 0.259. The minimum absolute atomic E-state index is 0.0461. The lowest BCUT2D eigenvalue weighted by Crippen LogP contribution is -2.44. The Hall–Kier alpha value is -3.25. The van der Waals surface area contributed by atoms with Crippen LogP contribution in [-0.2, 0) is 25.7 Å². The van der Waals surface area contributed by atoms with Crippen LogP contribution in [0.5, 0.6) is 0 Å². The lowest BCUT2D eigenvalue weighted by atomic mass is 10.0. The number of anilines is 3. The third-order valence-corrected chi connectivity index (χ3v) is 8.24. The third kappa shape index (κ3) is 6.81. The number of piperazine rings is 1. The maximum absolute atomic E-state index is 14.0. The molecule has 1 fully saturated rings. The van der Waals surface area contributed by atoms with Crippen molar-refractivity contribution >= 4 is 52.1 Å². The number of amides is 1. The Balaban J connectivity index is 1.27. The van der Waals surface area contributed by atoms with Crippen LogP contribution in [0.3, 0.4) is 0 Å². The van der Waals surface area contributed by atoms with Crippen LogP contribution in [0.1, 0.15) is 38.2 Å². The molecule has 12 heteroatoms. The second-order valence-electron chi connectivity index (χ2n) is 10.5. The number of aromatic nitrogens is 1. The molecule has 2 aromatic carbocycles. The van der Waals surface area contributed by atoms with E-state index in [1.54, 1.807) is 12.3 Å². The molecule has 0 saturated carbocycles. The largest absolute Gasteiger partial charge is 0.416 e. The van der Waals surface area contributed by atoms with Gasteiger partial charge in [-0.15, -0.1) is 0 Å². The van der Waals surface area contributed by atoms with Crippen molar-refractivity contribution in [3.8, 4) is 0 Å². The number of likely N-dealkylation sites (N-methyl/N-ethyl adjacent to an activating group) is 1. The summed E-state index contributed by atoms with van der Waals surface area (Å²) in [4.78, 5) is 22.2. The maximum Gasteiger partial charge on any atom is 0.416 e. The maximum atomic E-state index is 14.0. The molecule has 1 amide bonds. The molecule has 0 aliphatic carbocycles. The molecule has 3 aromatic rings. The number of hydrogen-bond donors (Lipinski definition) is 2. The third-order valence-electron chi connectivity index (χ3n) is 7.45. The van der Waals surface area contributed by atoms with Gasteiger partial charge in [-0.05, 0) is 61.0 Å². The van der Waals surface area contributed by atoms with E-state index < -0.39 is 17.6 Å². The van der Waals surface area contributed by atoms with Gasteiger partial charge in [0.1, 0.15) is 4.99 Å². The molecule has 1 saturated heterocycles. The number of hydrogen-bond acceptors (Lipinski definition) is 6. The number of halogens is 4. The van der Waals surface area contributed by atoms with E-state index in [0.29, 0.717) is 42.5 Å². The summed E-state index contributed by atoms with van der Waals surface area (Å²) in [6.07, 6.45) is -2.35. The van der Waals surface area contributed by atoms with E-state index in [0.717, 1.165) is 41.5 Å². The highest BCUT2D eigenvalue weighted by molar-refractivity contribution is 7.80. The average molecular weight is 603 g/mol. The van der Waals surface area contributed by atoms with Crippen LogP contribution in [0.4, 0.5) is 30.4 Å². The van der Waals surface area contributed by atoms with Crippen LogP contribution in [0.2, 0.25) is 0 Å². The van der Waals surface area contributed by atoms with Crippen LogP contribution < -0.4 is 15.1 Å². The van der Waals surface area contributed by atoms with E-state index in [-0.39, 0.29) is 17.7 Å². The molecule has 2 aliphatic rings. The summed E-state index contributed by atoms with van der Waals surface area (Å²) >= 11 is 11.4. The molecule has 5 rings (SSSR count). The molecule has 0 spiro atoms. The number of rotatable bonds is 7. The van der Waals surface area contributed by atoms with Crippen molar-refractivity contribution in [2.24, 2.45) is 0 Å². The Bertz CT molecular complexity index is 1480. The van der Waals surface area contributed by atoms with E-state index in [9.17, 15) is 18.0 Å². The van der Waals surface area contributed by atoms with Gasteiger partial charge >= 0.3 is 6.18 Å². The predicted octanol–water partition coefficient (Wildman–Crippen LogP) is 5.86. The highest BCUT2D eigenvalue weighted by atomic mass is 35.5. The number of benzene rings is 2. The molecule has 2 aliphatic heterocycles. The van der Waals surface area contributed by atoms with E-state index in [1.165, 1.54) is 16.6 Å². The van der Waals surface area contributed by atoms with Gasteiger partial charge in [-0.3, -0.25) is 9.69 Å². The zero-order valence-electron chi connectivity index (χ0n) is 22.7. The van der Waals surface area contributed by atoms with Crippen LogP contribution >= 0.6 is 24.0 Å². The molecule has 3 heterocycles. The van der Waals surface area contributed by atoms with Crippen LogP contribution in [-0.4, -0.2) is 58.9 Å². The molecular formula is C29H30ClF3N6OS. The average Bonchev–Trinajstić information content (AvgIpc) is 3.22. The summed E-state index contributed by atoms with van der Waals surface area (Å²) in [5.74, 6) is 0.0259. The Morgan fingerprint density at radius 2 is 1.80 bits per heavy atom. The standard InChI is InChI=1S/C29H30ClF3N6OS/c1-18-3-6-23(12-22(18)15-34-24-11-21-14-26(41)39(30)27(21)35-16-24)36-28(40)19-4-5-20(25(13-19)29(31,32)33)17-38-9-7-37(2)8-10-38/h3-6,11-13,16,34H,7-10,14-15,17H2,1-2H3,(H,36,40). The van der Waals surface area contributed by atoms with Crippen LogP contribution in [0, 0.1) is 6.92 Å². The topological polar surface area (TPSA) is 63.7 Å². The molecular weight excluding hydrogens is 573 g/mol. The summed E-state index contributed by atoms with van der Waals surface area (Å²) < 4.78 is 43.3. The summed E-state index contributed by atoms with van der Waals surface area (Å²) in [6, 6.07) is 11.2. The molecule has 2 N–H and O–H groups in total. The SMILES string of the molecule is Cc1ccc(NC(=O)c2ccc(CN3CCN(C)CC3)c(C(F)(F)F)c2)cc1CNc1cnc2c(c1)CC(=S)N2Cl. The van der Waals surface area contributed by atoms with Gasteiger partial charge in [-0.2, -0.15) is 13.2 Å². The number of fused-ring (bicyclic) bond motifs is 1. The molecule has 0 radical (unpaired) electrons. The van der Waals surface area contributed by atoms with Gasteiger partial charge in [0.25, 0.3) is 5.91 Å². The first-order valence-electron chi connectivity index (χ1n) is 13.2. The number of nitrogens with one attached hydrogen (secondary N) is 2. The first kappa shape index (κ1) is 29.2. The van der Waals surface area contributed by atoms with Gasteiger partial charge < -0.3 is 15.5 Å². The van der Waals surface area contributed by atoms with E-state index in [1.807, 2.05) is 37.1 Å². The van der Waals surface area contributed by atoms with Crippen molar-refractivity contribution in [1.82, 2.24) is 14.8 Å².